The number of nitrogens with one attached hydrogen (secondary N) is 1. The van der Waals surface area contributed by atoms with E-state index in [0.29, 0.717) is 10.7 Å². The van der Waals surface area contributed by atoms with Crippen molar-refractivity contribution in [3.8, 4) is 0 Å². The van der Waals surface area contributed by atoms with Crippen LogP contribution in [-0.4, -0.2) is 10.9 Å². The molecule has 0 fully saturated rings. The van der Waals surface area contributed by atoms with Gasteiger partial charge in [0.05, 0.1) is 33.2 Å². The third-order valence-electron chi connectivity index (χ3n) is 2.35. The van der Waals surface area contributed by atoms with Gasteiger partial charge in [-0.3, -0.25) is 4.79 Å². The molecule has 1 aromatic carbocycles. The van der Waals surface area contributed by atoms with Gasteiger partial charge in [-0.25, -0.2) is 4.98 Å². The number of rotatable bonds is 2. The zero-order chi connectivity index (χ0) is 14.0. The van der Waals surface area contributed by atoms with Crippen LogP contribution in [0, 0.1) is 0 Å². The van der Waals surface area contributed by atoms with Gasteiger partial charge in [0, 0.05) is 0 Å². The molecule has 98 valence electrons. The summed E-state index contributed by atoms with van der Waals surface area (Å²) in [5.41, 5.74) is 6.51. The second-order valence-corrected chi connectivity index (χ2v) is 4.82. The van der Waals surface area contributed by atoms with Crippen molar-refractivity contribution >= 4 is 52.1 Å². The Kier molecular flexibility index (Phi) is 4.14. The smallest absolute Gasteiger partial charge is 0.257 e. The number of aromatic nitrogens is 1. The highest BCUT2D eigenvalue weighted by Gasteiger charge is 2.13. The maximum absolute atomic E-state index is 12.1. The standard InChI is InChI=1S/C12H8Cl3N3O/c13-7-2-1-3-9(11(7)15)18-12(19)6-4-10(14)17-5-8(6)16/h1-5H,16H2,(H,18,19). The molecule has 1 heterocycles. The van der Waals surface area contributed by atoms with E-state index in [1.165, 1.54) is 12.3 Å². The highest BCUT2D eigenvalue weighted by molar-refractivity contribution is 6.44. The minimum Gasteiger partial charge on any atom is -0.397 e. The summed E-state index contributed by atoms with van der Waals surface area (Å²) in [5, 5.41) is 3.40. The molecule has 7 heteroatoms. The van der Waals surface area contributed by atoms with Gasteiger partial charge in [0.25, 0.3) is 5.91 Å². The predicted molar refractivity (Wildman–Crippen MR) is 78.1 cm³/mol. The number of carbonyl (C=O) groups excluding carboxylic acids is 1. The lowest BCUT2D eigenvalue weighted by Gasteiger charge is -2.09. The summed E-state index contributed by atoms with van der Waals surface area (Å²) in [5.74, 6) is -0.439. The molecule has 0 aliphatic carbocycles. The van der Waals surface area contributed by atoms with E-state index in [1.807, 2.05) is 0 Å². The topological polar surface area (TPSA) is 68.0 Å². The monoisotopic (exact) mass is 315 g/mol. The molecule has 0 saturated heterocycles. The Morgan fingerprint density at radius 2 is 2.00 bits per heavy atom. The van der Waals surface area contributed by atoms with Gasteiger partial charge in [-0.2, -0.15) is 0 Å². The summed E-state index contributed by atoms with van der Waals surface area (Å²) in [6, 6.07) is 6.31. The molecule has 0 bridgehead atoms. The van der Waals surface area contributed by atoms with Crippen molar-refractivity contribution in [3.05, 3.63) is 51.2 Å². The molecule has 0 atom stereocenters. The van der Waals surface area contributed by atoms with E-state index in [0.717, 1.165) is 0 Å². The Labute approximate surface area is 124 Å². The van der Waals surface area contributed by atoms with Gasteiger partial charge in [0.15, 0.2) is 0 Å². The molecule has 0 spiro atoms. The molecule has 0 saturated carbocycles. The van der Waals surface area contributed by atoms with E-state index in [4.69, 9.17) is 40.5 Å². The molecule has 2 rings (SSSR count). The number of carbonyl (C=O) groups is 1. The number of nitrogens with zero attached hydrogens (tertiary/aromatic N) is 1. The fraction of sp³-hybridized carbons (Fsp3) is 0. The van der Waals surface area contributed by atoms with Crippen LogP contribution in [-0.2, 0) is 0 Å². The van der Waals surface area contributed by atoms with E-state index in [2.05, 4.69) is 10.3 Å². The lowest BCUT2D eigenvalue weighted by molar-refractivity contribution is 0.102. The molecule has 1 amide bonds. The molecule has 0 aliphatic rings. The van der Waals surface area contributed by atoms with E-state index < -0.39 is 5.91 Å². The van der Waals surface area contributed by atoms with Crippen molar-refractivity contribution in [1.82, 2.24) is 4.98 Å². The first-order valence-electron chi connectivity index (χ1n) is 5.15. The number of nitrogens with two attached hydrogens (primary N) is 1. The Bertz CT molecular complexity index is 646. The normalized spacial score (nSPS) is 10.3. The summed E-state index contributed by atoms with van der Waals surface area (Å²) in [6.07, 6.45) is 1.32. The van der Waals surface area contributed by atoms with Crippen LogP contribution in [0.4, 0.5) is 11.4 Å². The third kappa shape index (κ3) is 3.10. The van der Waals surface area contributed by atoms with Gasteiger partial charge in [-0.15, -0.1) is 0 Å². The van der Waals surface area contributed by atoms with Crippen LogP contribution in [0.25, 0.3) is 0 Å². The number of pyridine rings is 1. The molecule has 0 aliphatic heterocycles. The van der Waals surface area contributed by atoms with Crippen molar-refractivity contribution in [3.63, 3.8) is 0 Å². The maximum atomic E-state index is 12.1. The molecule has 1 aromatic heterocycles. The molecule has 2 aromatic rings. The number of hydrogen-bond acceptors (Lipinski definition) is 3. The zero-order valence-corrected chi connectivity index (χ0v) is 11.7. The Morgan fingerprint density at radius 1 is 1.26 bits per heavy atom. The van der Waals surface area contributed by atoms with E-state index in [1.54, 1.807) is 18.2 Å². The number of anilines is 2. The van der Waals surface area contributed by atoms with E-state index in [9.17, 15) is 4.79 Å². The molecular weight excluding hydrogens is 309 g/mol. The molecule has 4 nitrogen and oxygen atoms in total. The second-order valence-electron chi connectivity index (χ2n) is 3.65. The molecule has 3 N–H and O–H groups in total. The van der Waals surface area contributed by atoms with Crippen molar-refractivity contribution in [1.29, 1.82) is 0 Å². The maximum Gasteiger partial charge on any atom is 0.257 e. The zero-order valence-electron chi connectivity index (χ0n) is 9.45. The van der Waals surface area contributed by atoms with Gasteiger partial charge >= 0.3 is 0 Å². The third-order valence-corrected chi connectivity index (χ3v) is 3.37. The Morgan fingerprint density at radius 3 is 2.74 bits per heavy atom. The first kappa shape index (κ1) is 13.9. The van der Waals surface area contributed by atoms with Crippen molar-refractivity contribution in [2.24, 2.45) is 0 Å². The number of halogens is 3. The highest BCUT2D eigenvalue weighted by atomic mass is 35.5. The molecule has 19 heavy (non-hydrogen) atoms. The van der Waals surface area contributed by atoms with Crippen LogP contribution in [0.1, 0.15) is 10.4 Å². The van der Waals surface area contributed by atoms with Gasteiger partial charge in [0.1, 0.15) is 5.15 Å². The minimum absolute atomic E-state index is 0.177. The van der Waals surface area contributed by atoms with Crippen LogP contribution in [0.15, 0.2) is 30.5 Å². The minimum atomic E-state index is -0.439. The number of hydrogen-bond donors (Lipinski definition) is 2. The summed E-state index contributed by atoms with van der Waals surface area (Å²) in [7, 11) is 0. The van der Waals surface area contributed by atoms with Crippen LogP contribution >= 0.6 is 34.8 Å². The Hall–Kier alpha value is -1.49. The quantitative estimate of drug-likeness (QED) is 0.826. The predicted octanol–water partition coefficient (Wildman–Crippen LogP) is 3.88. The van der Waals surface area contributed by atoms with Crippen molar-refractivity contribution < 1.29 is 4.79 Å². The van der Waals surface area contributed by atoms with Gasteiger partial charge < -0.3 is 11.1 Å². The lowest BCUT2D eigenvalue weighted by atomic mass is 10.2. The second kappa shape index (κ2) is 5.65. The first-order chi connectivity index (χ1) is 8.99. The highest BCUT2D eigenvalue weighted by Crippen LogP contribution is 2.30. The van der Waals surface area contributed by atoms with Gasteiger partial charge in [0.2, 0.25) is 0 Å². The summed E-state index contributed by atoms with van der Waals surface area (Å²) in [6.45, 7) is 0. The number of benzene rings is 1. The van der Waals surface area contributed by atoms with E-state index >= 15 is 0 Å². The van der Waals surface area contributed by atoms with Crippen LogP contribution < -0.4 is 11.1 Å². The SMILES string of the molecule is Nc1cnc(Cl)cc1C(=O)Nc1cccc(Cl)c1Cl. The summed E-state index contributed by atoms with van der Waals surface area (Å²) < 4.78 is 0. The first-order valence-corrected chi connectivity index (χ1v) is 6.29. The van der Waals surface area contributed by atoms with Gasteiger partial charge in [-0.1, -0.05) is 40.9 Å². The van der Waals surface area contributed by atoms with Crippen LogP contribution in [0.5, 0.6) is 0 Å². The average Bonchev–Trinajstić information content (AvgIpc) is 2.38. The fourth-order valence-electron chi connectivity index (χ4n) is 1.43. The van der Waals surface area contributed by atoms with Crippen molar-refractivity contribution in [2.75, 3.05) is 11.1 Å². The average molecular weight is 317 g/mol. The van der Waals surface area contributed by atoms with E-state index in [-0.39, 0.29) is 21.4 Å². The molecule has 0 radical (unpaired) electrons. The molecule has 0 unspecified atom stereocenters. The molecular formula is C12H8Cl3N3O. The fourth-order valence-corrected chi connectivity index (χ4v) is 1.93. The largest absolute Gasteiger partial charge is 0.397 e. The van der Waals surface area contributed by atoms with Crippen LogP contribution in [0.3, 0.4) is 0 Å². The lowest BCUT2D eigenvalue weighted by Crippen LogP contribution is -2.14. The Balaban J connectivity index is 2.31. The number of nitrogen functional groups attached to an aromatic ring is 1. The van der Waals surface area contributed by atoms with Gasteiger partial charge in [-0.05, 0) is 18.2 Å². The summed E-state index contributed by atoms with van der Waals surface area (Å²) in [4.78, 5) is 15.8. The van der Waals surface area contributed by atoms with Crippen molar-refractivity contribution in [2.45, 2.75) is 0 Å². The number of amides is 1. The summed E-state index contributed by atoms with van der Waals surface area (Å²) >= 11 is 17.6. The van der Waals surface area contributed by atoms with Crippen LogP contribution in [0.2, 0.25) is 15.2 Å².